The fraction of sp³-hybridized carbons (Fsp3) is 0. The summed E-state index contributed by atoms with van der Waals surface area (Å²) in [6, 6.07) is 9.78. The van der Waals surface area contributed by atoms with Gasteiger partial charge in [0.25, 0.3) is 5.91 Å². The van der Waals surface area contributed by atoms with Crippen LogP contribution >= 0.6 is 15.9 Å². The Morgan fingerprint density at radius 1 is 1.15 bits per heavy atom. The predicted molar refractivity (Wildman–Crippen MR) is 75.5 cm³/mol. The van der Waals surface area contributed by atoms with Crippen LogP contribution in [0.2, 0.25) is 0 Å². The van der Waals surface area contributed by atoms with E-state index in [1.807, 2.05) is 0 Å². The van der Waals surface area contributed by atoms with Crippen molar-refractivity contribution in [2.24, 2.45) is 0 Å². The van der Waals surface area contributed by atoms with Crippen LogP contribution in [0.4, 0.5) is 10.1 Å². The number of benzene rings is 2. The summed E-state index contributed by atoms with van der Waals surface area (Å²) in [7, 11) is 0. The molecule has 0 atom stereocenters. The van der Waals surface area contributed by atoms with Gasteiger partial charge >= 0.3 is 5.97 Å². The first-order valence-electron chi connectivity index (χ1n) is 5.57. The van der Waals surface area contributed by atoms with Crippen LogP contribution in [0, 0.1) is 5.82 Å². The van der Waals surface area contributed by atoms with Crippen molar-refractivity contribution in [3.8, 4) is 0 Å². The second-order valence-corrected chi connectivity index (χ2v) is 4.88. The number of anilines is 1. The Hall–Kier alpha value is -2.21. The second kappa shape index (κ2) is 5.83. The van der Waals surface area contributed by atoms with Crippen LogP contribution in [0.15, 0.2) is 46.9 Å². The lowest BCUT2D eigenvalue weighted by Crippen LogP contribution is -2.14. The van der Waals surface area contributed by atoms with Crippen molar-refractivity contribution in [2.45, 2.75) is 0 Å². The first kappa shape index (κ1) is 14.2. The number of hydrogen-bond acceptors (Lipinski definition) is 2. The Bertz CT molecular complexity index is 688. The third kappa shape index (κ3) is 3.21. The molecule has 102 valence electrons. The largest absolute Gasteiger partial charge is 0.478 e. The molecule has 0 spiro atoms. The zero-order chi connectivity index (χ0) is 14.7. The van der Waals surface area contributed by atoms with Gasteiger partial charge in [-0.05, 0) is 30.3 Å². The summed E-state index contributed by atoms with van der Waals surface area (Å²) in [6.07, 6.45) is 0. The summed E-state index contributed by atoms with van der Waals surface area (Å²) in [6.45, 7) is 0. The van der Waals surface area contributed by atoms with Crippen molar-refractivity contribution in [1.82, 2.24) is 0 Å². The molecule has 20 heavy (non-hydrogen) atoms. The predicted octanol–water partition coefficient (Wildman–Crippen LogP) is 3.54. The normalized spacial score (nSPS) is 10.1. The summed E-state index contributed by atoms with van der Waals surface area (Å²) >= 11 is 3.15. The molecule has 2 N–H and O–H groups in total. The van der Waals surface area contributed by atoms with Crippen LogP contribution in [-0.4, -0.2) is 17.0 Å². The number of carbonyl (C=O) groups is 2. The highest BCUT2D eigenvalue weighted by atomic mass is 79.9. The number of carboxylic acids is 1. The highest BCUT2D eigenvalue weighted by Crippen LogP contribution is 2.20. The third-order valence-electron chi connectivity index (χ3n) is 2.52. The summed E-state index contributed by atoms with van der Waals surface area (Å²) in [5.41, 5.74) is 0.178. The minimum absolute atomic E-state index is 0.0169. The number of amides is 1. The van der Waals surface area contributed by atoms with Crippen LogP contribution in [0.25, 0.3) is 0 Å². The number of hydrogen-bond donors (Lipinski definition) is 2. The van der Waals surface area contributed by atoms with E-state index in [1.54, 1.807) is 6.07 Å². The minimum Gasteiger partial charge on any atom is -0.478 e. The number of aromatic carboxylic acids is 1. The summed E-state index contributed by atoms with van der Waals surface area (Å²) in [5, 5.41) is 11.4. The van der Waals surface area contributed by atoms with E-state index in [-0.39, 0.29) is 16.8 Å². The molecule has 2 rings (SSSR count). The van der Waals surface area contributed by atoms with Crippen molar-refractivity contribution in [2.75, 3.05) is 5.32 Å². The van der Waals surface area contributed by atoms with Gasteiger partial charge in [0.05, 0.1) is 11.1 Å². The molecule has 0 unspecified atom stereocenters. The van der Waals surface area contributed by atoms with E-state index in [0.717, 1.165) is 0 Å². The first-order valence-corrected chi connectivity index (χ1v) is 6.36. The third-order valence-corrected chi connectivity index (χ3v) is 2.98. The molecule has 0 aliphatic rings. The average Bonchev–Trinajstić information content (AvgIpc) is 2.38. The van der Waals surface area contributed by atoms with Gasteiger partial charge in [0.15, 0.2) is 0 Å². The van der Waals surface area contributed by atoms with E-state index in [1.165, 1.54) is 36.4 Å². The topological polar surface area (TPSA) is 66.4 Å². The minimum atomic E-state index is -1.12. The van der Waals surface area contributed by atoms with Crippen molar-refractivity contribution in [3.63, 3.8) is 0 Å². The lowest BCUT2D eigenvalue weighted by atomic mass is 10.1. The molecule has 0 heterocycles. The molecule has 0 saturated heterocycles. The van der Waals surface area contributed by atoms with Crippen molar-refractivity contribution in [3.05, 3.63) is 63.9 Å². The Morgan fingerprint density at radius 2 is 1.85 bits per heavy atom. The average molecular weight is 338 g/mol. The highest BCUT2D eigenvalue weighted by molar-refractivity contribution is 9.10. The summed E-state index contributed by atoms with van der Waals surface area (Å²) in [4.78, 5) is 22.8. The molecule has 0 fully saturated rings. The molecule has 0 saturated carbocycles. The number of carbonyl (C=O) groups excluding carboxylic acids is 1. The molecule has 0 aliphatic heterocycles. The van der Waals surface area contributed by atoms with Crippen molar-refractivity contribution >= 4 is 33.5 Å². The Morgan fingerprint density at radius 3 is 2.50 bits per heavy atom. The molecule has 4 nitrogen and oxygen atoms in total. The molecule has 2 aromatic rings. The standard InChI is InChI=1S/C14H9BrFNO3/c15-9-5-8(14(19)20)6-10(7-9)17-13(18)11-3-1-2-4-12(11)16/h1-7H,(H,17,18)(H,19,20). The van der Waals surface area contributed by atoms with E-state index < -0.39 is 17.7 Å². The van der Waals surface area contributed by atoms with Crippen LogP contribution < -0.4 is 5.32 Å². The van der Waals surface area contributed by atoms with E-state index in [0.29, 0.717) is 4.47 Å². The number of halogens is 2. The van der Waals surface area contributed by atoms with Crippen molar-refractivity contribution in [1.29, 1.82) is 0 Å². The van der Waals surface area contributed by atoms with Gasteiger partial charge in [-0.25, -0.2) is 9.18 Å². The molecule has 0 bridgehead atoms. The molecule has 6 heteroatoms. The van der Waals surface area contributed by atoms with Crippen LogP contribution in [0.3, 0.4) is 0 Å². The Balaban J connectivity index is 2.28. The van der Waals surface area contributed by atoms with Gasteiger partial charge < -0.3 is 10.4 Å². The zero-order valence-electron chi connectivity index (χ0n) is 10.1. The van der Waals surface area contributed by atoms with Gasteiger partial charge in [-0.2, -0.15) is 0 Å². The fourth-order valence-electron chi connectivity index (χ4n) is 1.63. The molecule has 0 aliphatic carbocycles. The van der Waals surface area contributed by atoms with E-state index >= 15 is 0 Å². The molecule has 1 amide bonds. The first-order chi connectivity index (χ1) is 9.47. The lowest BCUT2D eigenvalue weighted by molar-refractivity contribution is 0.0696. The van der Waals surface area contributed by atoms with E-state index in [4.69, 9.17) is 5.11 Å². The SMILES string of the molecule is O=C(O)c1cc(Br)cc(NC(=O)c2ccccc2F)c1. The Kier molecular flexibility index (Phi) is 4.14. The zero-order valence-corrected chi connectivity index (χ0v) is 11.6. The van der Waals surface area contributed by atoms with Crippen molar-refractivity contribution < 1.29 is 19.1 Å². The van der Waals surface area contributed by atoms with E-state index in [9.17, 15) is 14.0 Å². The smallest absolute Gasteiger partial charge is 0.335 e. The molecule has 0 radical (unpaired) electrons. The van der Waals surface area contributed by atoms with Gasteiger partial charge in [-0.15, -0.1) is 0 Å². The maximum atomic E-state index is 13.5. The molecule has 2 aromatic carbocycles. The maximum Gasteiger partial charge on any atom is 0.335 e. The lowest BCUT2D eigenvalue weighted by Gasteiger charge is -2.07. The second-order valence-electron chi connectivity index (χ2n) is 3.97. The van der Waals surface area contributed by atoms with Gasteiger partial charge in [0, 0.05) is 10.2 Å². The molecule has 0 aromatic heterocycles. The van der Waals surface area contributed by atoms with Gasteiger partial charge in [0.2, 0.25) is 0 Å². The molecular formula is C14H9BrFNO3. The van der Waals surface area contributed by atoms with E-state index in [2.05, 4.69) is 21.2 Å². The molecular weight excluding hydrogens is 329 g/mol. The van der Waals surface area contributed by atoms with Gasteiger partial charge in [-0.3, -0.25) is 4.79 Å². The number of carboxylic acid groups (broad SMARTS) is 1. The summed E-state index contributed by atoms with van der Waals surface area (Å²) in [5.74, 6) is -2.40. The summed E-state index contributed by atoms with van der Waals surface area (Å²) < 4.78 is 14.0. The van der Waals surface area contributed by atoms with Crippen LogP contribution in [-0.2, 0) is 0 Å². The van der Waals surface area contributed by atoms with Gasteiger partial charge in [-0.1, -0.05) is 28.1 Å². The fourth-order valence-corrected chi connectivity index (χ4v) is 2.12. The van der Waals surface area contributed by atoms with Crippen LogP contribution in [0.1, 0.15) is 20.7 Å². The number of rotatable bonds is 3. The monoisotopic (exact) mass is 337 g/mol. The van der Waals surface area contributed by atoms with Crippen LogP contribution in [0.5, 0.6) is 0 Å². The maximum absolute atomic E-state index is 13.5. The van der Waals surface area contributed by atoms with Gasteiger partial charge in [0.1, 0.15) is 5.82 Å². The quantitative estimate of drug-likeness (QED) is 0.900. The highest BCUT2D eigenvalue weighted by Gasteiger charge is 2.12. The Labute approximate surface area is 122 Å². The number of nitrogens with one attached hydrogen (secondary N) is 1.